The standard InChI is InChI=1S/C19H22N2O4/c1-3-23-15-7-4-13(5-8-15)10-16(20)19(22)21(2)14-6-9-17-18(11-14)25-12-24-17/h4-9,11,16H,3,10,12,20H2,1-2H3. The number of carbonyl (C=O) groups excluding carboxylic acids is 1. The number of nitrogens with zero attached hydrogens (tertiary/aromatic N) is 1. The zero-order valence-electron chi connectivity index (χ0n) is 14.4. The van der Waals surface area contributed by atoms with Gasteiger partial charge in [-0.25, -0.2) is 0 Å². The van der Waals surface area contributed by atoms with Gasteiger partial charge in [0.2, 0.25) is 12.7 Å². The van der Waals surface area contributed by atoms with Gasteiger partial charge in [0.1, 0.15) is 5.75 Å². The Labute approximate surface area is 147 Å². The fourth-order valence-electron chi connectivity index (χ4n) is 2.70. The minimum Gasteiger partial charge on any atom is -0.494 e. The molecule has 2 aromatic rings. The average Bonchev–Trinajstić information content (AvgIpc) is 3.10. The van der Waals surface area contributed by atoms with Crippen LogP contribution in [0.25, 0.3) is 0 Å². The number of likely N-dealkylation sites (N-methyl/N-ethyl adjacent to an activating group) is 1. The van der Waals surface area contributed by atoms with Crippen LogP contribution in [0.3, 0.4) is 0 Å². The largest absolute Gasteiger partial charge is 0.494 e. The molecule has 6 nitrogen and oxygen atoms in total. The molecule has 25 heavy (non-hydrogen) atoms. The van der Waals surface area contributed by atoms with Gasteiger partial charge in [-0.15, -0.1) is 0 Å². The molecule has 0 spiro atoms. The van der Waals surface area contributed by atoms with Crippen molar-refractivity contribution in [1.82, 2.24) is 0 Å². The summed E-state index contributed by atoms with van der Waals surface area (Å²) >= 11 is 0. The highest BCUT2D eigenvalue weighted by molar-refractivity contribution is 5.97. The maximum Gasteiger partial charge on any atom is 0.243 e. The molecule has 1 aliphatic rings. The second kappa shape index (κ2) is 7.44. The number of ether oxygens (including phenoxy) is 3. The average molecular weight is 342 g/mol. The Morgan fingerprint density at radius 2 is 1.92 bits per heavy atom. The van der Waals surface area contributed by atoms with E-state index in [-0.39, 0.29) is 12.7 Å². The molecule has 0 aliphatic carbocycles. The van der Waals surface area contributed by atoms with Crippen molar-refractivity contribution >= 4 is 11.6 Å². The maximum absolute atomic E-state index is 12.6. The fraction of sp³-hybridized carbons (Fsp3) is 0.316. The van der Waals surface area contributed by atoms with Crippen molar-refractivity contribution in [2.24, 2.45) is 5.73 Å². The Bertz CT molecular complexity index is 746. The summed E-state index contributed by atoms with van der Waals surface area (Å²) in [6, 6.07) is 12.4. The zero-order valence-corrected chi connectivity index (χ0v) is 14.4. The summed E-state index contributed by atoms with van der Waals surface area (Å²) < 4.78 is 16.1. The van der Waals surface area contributed by atoms with Crippen LogP contribution < -0.4 is 24.8 Å². The minimum absolute atomic E-state index is 0.159. The lowest BCUT2D eigenvalue weighted by Gasteiger charge is -2.22. The lowest BCUT2D eigenvalue weighted by Crippen LogP contribution is -2.43. The molecule has 2 aromatic carbocycles. The van der Waals surface area contributed by atoms with E-state index in [0.29, 0.717) is 24.5 Å². The molecule has 1 atom stereocenters. The predicted octanol–water partition coefficient (Wildman–Crippen LogP) is 2.35. The molecular formula is C19H22N2O4. The van der Waals surface area contributed by atoms with E-state index in [0.717, 1.165) is 17.0 Å². The third kappa shape index (κ3) is 3.85. The third-order valence-corrected chi connectivity index (χ3v) is 4.08. The van der Waals surface area contributed by atoms with Crippen LogP contribution in [0.4, 0.5) is 5.69 Å². The number of anilines is 1. The van der Waals surface area contributed by atoms with Crippen molar-refractivity contribution in [2.75, 3.05) is 25.3 Å². The van der Waals surface area contributed by atoms with Gasteiger partial charge in [-0.3, -0.25) is 4.79 Å². The van der Waals surface area contributed by atoms with Gasteiger partial charge in [-0.05, 0) is 43.2 Å². The van der Waals surface area contributed by atoms with Crippen LogP contribution in [-0.4, -0.2) is 32.4 Å². The lowest BCUT2D eigenvalue weighted by atomic mass is 10.1. The Kier molecular flexibility index (Phi) is 5.09. The first kappa shape index (κ1) is 17.1. The molecule has 2 N–H and O–H groups in total. The normalized spacial score (nSPS) is 13.4. The molecule has 6 heteroatoms. The van der Waals surface area contributed by atoms with Crippen molar-refractivity contribution in [3.05, 3.63) is 48.0 Å². The highest BCUT2D eigenvalue weighted by Gasteiger charge is 2.22. The van der Waals surface area contributed by atoms with E-state index in [9.17, 15) is 4.79 Å². The van der Waals surface area contributed by atoms with Gasteiger partial charge < -0.3 is 24.8 Å². The highest BCUT2D eigenvalue weighted by atomic mass is 16.7. The highest BCUT2D eigenvalue weighted by Crippen LogP contribution is 2.35. The summed E-state index contributed by atoms with van der Waals surface area (Å²) in [4.78, 5) is 14.2. The van der Waals surface area contributed by atoms with E-state index in [1.165, 1.54) is 0 Å². The number of fused-ring (bicyclic) bond motifs is 1. The van der Waals surface area contributed by atoms with Crippen molar-refractivity contribution in [3.63, 3.8) is 0 Å². The Balaban J connectivity index is 1.65. The van der Waals surface area contributed by atoms with Crippen LogP contribution in [0.15, 0.2) is 42.5 Å². The quantitative estimate of drug-likeness (QED) is 0.872. The van der Waals surface area contributed by atoms with Crippen molar-refractivity contribution < 1.29 is 19.0 Å². The van der Waals surface area contributed by atoms with Gasteiger partial charge in [0, 0.05) is 18.8 Å². The molecule has 0 fully saturated rings. The van der Waals surface area contributed by atoms with E-state index in [1.807, 2.05) is 37.3 Å². The Hall–Kier alpha value is -2.73. The van der Waals surface area contributed by atoms with Crippen molar-refractivity contribution in [1.29, 1.82) is 0 Å². The molecule has 1 unspecified atom stereocenters. The lowest BCUT2D eigenvalue weighted by molar-refractivity contribution is -0.119. The summed E-state index contributed by atoms with van der Waals surface area (Å²) in [5, 5.41) is 0. The number of hydrogen-bond donors (Lipinski definition) is 1. The maximum atomic E-state index is 12.6. The molecule has 1 heterocycles. The predicted molar refractivity (Wildman–Crippen MR) is 95.3 cm³/mol. The monoisotopic (exact) mass is 342 g/mol. The van der Waals surface area contributed by atoms with Crippen molar-refractivity contribution in [2.45, 2.75) is 19.4 Å². The van der Waals surface area contributed by atoms with Crippen LogP contribution >= 0.6 is 0 Å². The minimum atomic E-state index is -0.631. The summed E-state index contributed by atoms with van der Waals surface area (Å²) in [6.45, 7) is 2.76. The van der Waals surface area contributed by atoms with E-state index < -0.39 is 6.04 Å². The summed E-state index contributed by atoms with van der Waals surface area (Å²) in [5.41, 5.74) is 7.83. The van der Waals surface area contributed by atoms with Gasteiger partial charge >= 0.3 is 0 Å². The first-order valence-electron chi connectivity index (χ1n) is 8.23. The number of nitrogens with two attached hydrogens (primary N) is 1. The summed E-state index contributed by atoms with van der Waals surface area (Å²) in [6.07, 6.45) is 0.458. The first-order chi connectivity index (χ1) is 12.1. The molecule has 132 valence electrons. The van der Waals surface area contributed by atoms with Gasteiger partial charge in [0.15, 0.2) is 11.5 Å². The number of rotatable bonds is 6. The first-order valence-corrected chi connectivity index (χ1v) is 8.23. The van der Waals surface area contributed by atoms with E-state index in [4.69, 9.17) is 19.9 Å². The van der Waals surface area contributed by atoms with Gasteiger partial charge in [0.05, 0.1) is 12.6 Å². The van der Waals surface area contributed by atoms with Gasteiger partial charge in [0.25, 0.3) is 0 Å². The summed E-state index contributed by atoms with van der Waals surface area (Å²) in [7, 11) is 1.71. The van der Waals surface area contributed by atoms with Crippen LogP contribution in [-0.2, 0) is 11.2 Å². The second-order valence-corrected chi connectivity index (χ2v) is 5.82. The van der Waals surface area contributed by atoms with Crippen LogP contribution in [0.1, 0.15) is 12.5 Å². The molecule has 0 saturated carbocycles. The molecule has 3 rings (SSSR count). The SMILES string of the molecule is CCOc1ccc(CC(N)C(=O)N(C)c2ccc3c(c2)OCO3)cc1. The van der Waals surface area contributed by atoms with Crippen LogP contribution in [0.5, 0.6) is 17.2 Å². The van der Waals surface area contributed by atoms with Crippen molar-refractivity contribution in [3.8, 4) is 17.2 Å². The van der Waals surface area contributed by atoms with E-state index in [2.05, 4.69) is 0 Å². The molecule has 0 aromatic heterocycles. The number of amides is 1. The second-order valence-electron chi connectivity index (χ2n) is 5.82. The molecule has 0 bridgehead atoms. The zero-order chi connectivity index (χ0) is 17.8. The summed E-state index contributed by atoms with van der Waals surface area (Å²) in [5.74, 6) is 1.97. The Morgan fingerprint density at radius 3 is 2.64 bits per heavy atom. The number of carbonyl (C=O) groups is 1. The number of hydrogen-bond acceptors (Lipinski definition) is 5. The molecule has 0 radical (unpaired) electrons. The number of benzene rings is 2. The molecular weight excluding hydrogens is 320 g/mol. The smallest absolute Gasteiger partial charge is 0.243 e. The van der Waals surface area contributed by atoms with Crippen LogP contribution in [0.2, 0.25) is 0 Å². The molecule has 1 amide bonds. The van der Waals surface area contributed by atoms with E-state index in [1.54, 1.807) is 24.1 Å². The topological polar surface area (TPSA) is 74.0 Å². The fourth-order valence-corrected chi connectivity index (χ4v) is 2.70. The van der Waals surface area contributed by atoms with Crippen LogP contribution in [0, 0.1) is 0 Å². The molecule has 1 aliphatic heterocycles. The van der Waals surface area contributed by atoms with E-state index >= 15 is 0 Å². The molecule has 0 saturated heterocycles. The van der Waals surface area contributed by atoms with Gasteiger partial charge in [-0.1, -0.05) is 12.1 Å². The Morgan fingerprint density at radius 1 is 1.20 bits per heavy atom. The van der Waals surface area contributed by atoms with Gasteiger partial charge in [-0.2, -0.15) is 0 Å². The third-order valence-electron chi connectivity index (χ3n) is 4.08.